The quantitative estimate of drug-likeness (QED) is 0.212. The summed E-state index contributed by atoms with van der Waals surface area (Å²) < 4.78 is 46.1. The van der Waals surface area contributed by atoms with E-state index in [9.17, 15) is 27.6 Å². The van der Waals surface area contributed by atoms with Crippen molar-refractivity contribution in [3.05, 3.63) is 47.0 Å². The number of fused-ring (bicyclic) bond motifs is 3. The van der Waals surface area contributed by atoms with Gasteiger partial charge in [0.15, 0.2) is 0 Å². The van der Waals surface area contributed by atoms with Gasteiger partial charge in [0.1, 0.15) is 51.5 Å². The van der Waals surface area contributed by atoms with Crippen LogP contribution in [0.3, 0.4) is 0 Å². The highest BCUT2D eigenvalue weighted by molar-refractivity contribution is 7.91. The van der Waals surface area contributed by atoms with Gasteiger partial charge in [-0.05, 0) is 84.3 Å². The molecule has 3 fully saturated rings. The lowest BCUT2D eigenvalue weighted by Gasteiger charge is -2.30. The highest BCUT2D eigenvalue weighted by Crippen LogP contribution is 2.46. The number of hydrogen-bond donors (Lipinski definition) is 3. The minimum absolute atomic E-state index is 0.0228. The molecule has 4 amide bonds. The highest BCUT2D eigenvalue weighted by Gasteiger charge is 2.62. The number of rotatable bonds is 9. The molecule has 1 saturated heterocycles. The number of alkyl carbamates (subject to hydrolysis) is 1. The average Bonchev–Trinajstić information content (AvgIpc) is 4.05. The third kappa shape index (κ3) is 9.41. The molecule has 0 bridgehead atoms. The molecule has 15 nitrogen and oxygen atoms in total. The minimum atomic E-state index is -3.91. The first-order valence-electron chi connectivity index (χ1n) is 20.8. The predicted octanol–water partition coefficient (Wildman–Crippen LogP) is 6.04. The predicted molar refractivity (Wildman–Crippen MR) is 227 cm³/mol. The summed E-state index contributed by atoms with van der Waals surface area (Å²) in [4.78, 5) is 67.6. The number of pyridine rings is 1. The molecule has 2 saturated carbocycles. The van der Waals surface area contributed by atoms with Gasteiger partial charge in [-0.3, -0.25) is 19.1 Å². The Bertz CT molecular complexity index is 2300. The largest absolute Gasteiger partial charge is 0.496 e. The van der Waals surface area contributed by atoms with Crippen LogP contribution in [0, 0.1) is 12.8 Å². The van der Waals surface area contributed by atoms with Crippen molar-refractivity contribution in [1.29, 1.82) is 0 Å². The number of thiazole rings is 1. The maximum Gasteiger partial charge on any atom is 0.408 e. The van der Waals surface area contributed by atoms with Gasteiger partial charge in [-0.15, -0.1) is 11.3 Å². The van der Waals surface area contributed by atoms with Gasteiger partial charge in [0.2, 0.25) is 21.8 Å². The summed E-state index contributed by atoms with van der Waals surface area (Å²) in [6, 6.07) is 3.37. The van der Waals surface area contributed by atoms with E-state index in [1.807, 2.05) is 42.7 Å². The Morgan fingerprint density at radius 2 is 1.83 bits per heavy atom. The Hall–Kier alpha value is -4.77. The number of carbonyl (C=O) groups excluding carboxylic acids is 4. The molecule has 60 heavy (non-hydrogen) atoms. The number of aryl methyl sites for hydroxylation is 1. The van der Waals surface area contributed by atoms with E-state index in [0.717, 1.165) is 24.1 Å². The van der Waals surface area contributed by atoms with Crippen molar-refractivity contribution >= 4 is 56.1 Å². The number of hydrogen-bond acceptors (Lipinski definition) is 12. The maximum atomic E-state index is 14.7. The van der Waals surface area contributed by atoms with Crippen molar-refractivity contribution in [3.63, 3.8) is 0 Å². The lowest BCUT2D eigenvalue weighted by molar-refractivity contribution is -0.141. The summed E-state index contributed by atoms with van der Waals surface area (Å²) in [6.07, 6.45) is 6.67. The summed E-state index contributed by atoms with van der Waals surface area (Å²) in [5.74, 6) is -1.02. The van der Waals surface area contributed by atoms with Crippen LogP contribution < -0.4 is 24.8 Å². The van der Waals surface area contributed by atoms with Crippen molar-refractivity contribution in [1.82, 2.24) is 30.2 Å². The van der Waals surface area contributed by atoms with Gasteiger partial charge < -0.3 is 29.7 Å². The molecule has 4 heterocycles. The van der Waals surface area contributed by atoms with E-state index >= 15 is 0 Å². The van der Waals surface area contributed by atoms with E-state index in [0.29, 0.717) is 65.2 Å². The normalized spacial score (nSPS) is 25.6. The summed E-state index contributed by atoms with van der Waals surface area (Å²) >= 11 is 1.48. The topological polar surface area (TPSA) is 195 Å². The summed E-state index contributed by atoms with van der Waals surface area (Å²) in [7, 11) is -2.32. The van der Waals surface area contributed by atoms with Gasteiger partial charge in [-0.1, -0.05) is 38.8 Å². The van der Waals surface area contributed by atoms with E-state index in [1.54, 1.807) is 27.9 Å². The third-order valence-electron chi connectivity index (χ3n) is 11.5. The lowest BCUT2D eigenvalue weighted by Crippen LogP contribution is -2.58. The van der Waals surface area contributed by atoms with Crippen LogP contribution in [-0.2, 0) is 29.1 Å². The van der Waals surface area contributed by atoms with Crippen molar-refractivity contribution < 1.29 is 41.8 Å². The molecule has 2 aromatic heterocycles. The number of amides is 4. The van der Waals surface area contributed by atoms with Crippen LogP contribution >= 0.6 is 11.3 Å². The molecule has 2 aliphatic carbocycles. The molecule has 324 valence electrons. The van der Waals surface area contributed by atoms with Gasteiger partial charge in [0.05, 0.1) is 30.1 Å². The van der Waals surface area contributed by atoms with Gasteiger partial charge in [-0.2, -0.15) is 0 Å². The second kappa shape index (κ2) is 16.9. The zero-order valence-corrected chi connectivity index (χ0v) is 37.0. The SMILES string of the molecule is COc1ccc2c(O[C@@H]3C[C@H]4C(=O)N[C@]5(C(=O)NS(=O)(=O)C6CC6)C[C@H]5/C=C\CCCCC[C@@H](NC(=O)OC(C)(C)C)C(=O)N4C3)cc(-c3nc(C(C)C)cs3)nc2c1C. The molecule has 3 N–H and O–H groups in total. The number of carbonyl (C=O) groups is 4. The van der Waals surface area contributed by atoms with Crippen LogP contribution in [-0.4, -0.2) is 95.3 Å². The molecule has 17 heteroatoms. The van der Waals surface area contributed by atoms with Gasteiger partial charge in [0.25, 0.3) is 5.91 Å². The Morgan fingerprint density at radius 1 is 1.07 bits per heavy atom. The first-order valence-corrected chi connectivity index (χ1v) is 23.3. The minimum Gasteiger partial charge on any atom is -0.496 e. The fraction of sp³-hybridized carbons (Fsp3) is 0.581. The van der Waals surface area contributed by atoms with E-state index < -0.39 is 74.3 Å². The number of sulfonamides is 1. The van der Waals surface area contributed by atoms with Gasteiger partial charge in [0, 0.05) is 34.7 Å². The molecule has 0 spiro atoms. The zero-order valence-electron chi connectivity index (χ0n) is 35.3. The number of ether oxygens (including phenoxy) is 3. The Labute approximate surface area is 355 Å². The highest BCUT2D eigenvalue weighted by atomic mass is 32.2. The smallest absolute Gasteiger partial charge is 0.408 e. The van der Waals surface area contributed by atoms with Crippen LogP contribution in [0.25, 0.3) is 21.6 Å². The number of methoxy groups -OCH3 is 1. The van der Waals surface area contributed by atoms with Gasteiger partial charge >= 0.3 is 6.09 Å². The number of allylic oxidation sites excluding steroid dienone is 1. The van der Waals surface area contributed by atoms with E-state index in [4.69, 9.17) is 24.2 Å². The second-order valence-electron chi connectivity index (χ2n) is 17.7. The number of nitrogens with one attached hydrogen (secondary N) is 3. The van der Waals surface area contributed by atoms with Crippen molar-refractivity contribution in [2.75, 3.05) is 13.7 Å². The molecule has 2 aliphatic heterocycles. The van der Waals surface area contributed by atoms with Crippen LogP contribution in [0.15, 0.2) is 35.7 Å². The molecule has 7 rings (SSSR count). The molecule has 1 aromatic carbocycles. The van der Waals surface area contributed by atoms with Crippen LogP contribution in [0.4, 0.5) is 4.79 Å². The molecule has 0 unspecified atom stereocenters. The van der Waals surface area contributed by atoms with Crippen LogP contribution in [0.1, 0.15) is 110 Å². The van der Waals surface area contributed by atoms with E-state index in [-0.39, 0.29) is 25.3 Å². The monoisotopic (exact) mass is 864 g/mol. The average molecular weight is 865 g/mol. The van der Waals surface area contributed by atoms with E-state index in [1.165, 1.54) is 16.2 Å². The summed E-state index contributed by atoms with van der Waals surface area (Å²) in [5, 5.41) is 8.46. The summed E-state index contributed by atoms with van der Waals surface area (Å²) in [5.41, 5.74) is 0.635. The molecule has 0 radical (unpaired) electrons. The summed E-state index contributed by atoms with van der Waals surface area (Å²) in [6.45, 7) is 11.2. The molecule has 3 aromatic rings. The first kappa shape index (κ1) is 43.3. The molecular weight excluding hydrogens is 809 g/mol. The first-order chi connectivity index (χ1) is 28.4. The Balaban J connectivity index is 1.25. The Kier molecular flexibility index (Phi) is 12.2. The van der Waals surface area contributed by atoms with Crippen molar-refractivity contribution in [2.24, 2.45) is 5.92 Å². The third-order valence-corrected chi connectivity index (χ3v) is 14.2. The van der Waals surface area contributed by atoms with Gasteiger partial charge in [-0.25, -0.2) is 23.2 Å². The Morgan fingerprint density at radius 3 is 2.52 bits per heavy atom. The fourth-order valence-corrected chi connectivity index (χ4v) is 10.3. The van der Waals surface area contributed by atoms with Crippen molar-refractivity contribution in [3.8, 4) is 22.2 Å². The molecule has 5 atom stereocenters. The van der Waals surface area contributed by atoms with E-state index in [2.05, 4.69) is 29.2 Å². The second-order valence-corrected chi connectivity index (χ2v) is 20.5. The zero-order chi connectivity index (χ0) is 43.1. The number of nitrogens with zero attached hydrogens (tertiary/aromatic N) is 3. The van der Waals surface area contributed by atoms with Crippen LogP contribution in [0.5, 0.6) is 11.5 Å². The maximum absolute atomic E-state index is 14.7. The van der Waals surface area contributed by atoms with Crippen molar-refractivity contribution in [2.45, 2.75) is 140 Å². The molecule has 4 aliphatic rings. The fourth-order valence-electron chi connectivity index (χ4n) is 7.95. The number of benzene rings is 1. The lowest BCUT2D eigenvalue weighted by atomic mass is 10.0. The van der Waals surface area contributed by atoms with Crippen LogP contribution in [0.2, 0.25) is 0 Å². The molecular formula is C43H56N6O9S2. The number of aromatic nitrogens is 2. The standard InChI is InChI=1S/C43H56N6O9S2/c1-24(2)32-23-59-38(45-32)31-20-35(29-17-18-34(56-7)25(3)36(29)44-31)57-27-19-33-37(50)47-43(40(52)48-60(54,55)28-15-16-28)21-26(43)13-11-9-8-10-12-14-30(39(51)49(33)22-27)46-41(53)58-42(4,5)6/h11,13,17-18,20,23-24,26-28,30,33H,8-10,12,14-16,19,21-22H2,1-7H3,(H,46,53)(H,47,50)(H,48,52)/b13-11-/t26-,27-,30-,33+,43-/m1/s1.